The summed E-state index contributed by atoms with van der Waals surface area (Å²) in [6.07, 6.45) is 0. The van der Waals surface area contributed by atoms with Crippen molar-refractivity contribution in [1.82, 2.24) is 5.06 Å². The SMILES string of the molecule is O=C1CS[C@@H](c2ccc(Br)cc2)N1O. The summed E-state index contributed by atoms with van der Waals surface area (Å²) in [4.78, 5) is 11.1. The molecule has 1 N–H and O–H groups in total. The van der Waals surface area contributed by atoms with E-state index in [2.05, 4.69) is 15.9 Å². The van der Waals surface area contributed by atoms with Gasteiger partial charge in [-0.3, -0.25) is 10.0 Å². The van der Waals surface area contributed by atoms with Crippen molar-refractivity contribution in [3.8, 4) is 0 Å². The highest BCUT2D eigenvalue weighted by Crippen LogP contribution is 2.37. The van der Waals surface area contributed by atoms with Crippen LogP contribution in [0, 0.1) is 0 Å². The van der Waals surface area contributed by atoms with Gasteiger partial charge in [0.15, 0.2) is 0 Å². The number of hydrogen-bond acceptors (Lipinski definition) is 3. The summed E-state index contributed by atoms with van der Waals surface area (Å²) in [7, 11) is 0. The second kappa shape index (κ2) is 3.92. The number of hydroxylamine groups is 2. The Balaban J connectivity index is 2.23. The maximum absolute atomic E-state index is 11.1. The van der Waals surface area contributed by atoms with Gasteiger partial charge in [0.25, 0.3) is 5.91 Å². The Kier molecular flexibility index (Phi) is 2.80. The Morgan fingerprint density at radius 3 is 2.57 bits per heavy atom. The van der Waals surface area contributed by atoms with Crippen molar-refractivity contribution in [3.05, 3.63) is 34.3 Å². The van der Waals surface area contributed by atoms with Crippen molar-refractivity contribution in [2.24, 2.45) is 0 Å². The Morgan fingerprint density at radius 1 is 1.43 bits per heavy atom. The molecular weight excluding hydrogens is 266 g/mol. The first kappa shape index (κ1) is 10.0. The summed E-state index contributed by atoms with van der Waals surface area (Å²) in [5.74, 6) is 0.111. The first-order chi connectivity index (χ1) is 6.68. The van der Waals surface area contributed by atoms with Crippen molar-refractivity contribution < 1.29 is 10.0 Å². The largest absolute Gasteiger partial charge is 0.284 e. The number of halogens is 1. The van der Waals surface area contributed by atoms with Gasteiger partial charge in [-0.05, 0) is 17.7 Å². The fraction of sp³-hybridized carbons (Fsp3) is 0.222. The maximum Gasteiger partial charge on any atom is 0.257 e. The molecular formula is C9H8BrNO2S. The van der Waals surface area contributed by atoms with Crippen LogP contribution in [-0.4, -0.2) is 21.9 Å². The van der Waals surface area contributed by atoms with Crippen molar-refractivity contribution in [2.75, 3.05) is 5.75 Å². The Morgan fingerprint density at radius 2 is 2.07 bits per heavy atom. The van der Waals surface area contributed by atoms with Crippen molar-refractivity contribution in [1.29, 1.82) is 0 Å². The average Bonchev–Trinajstić information content (AvgIpc) is 2.50. The number of hydrogen-bond donors (Lipinski definition) is 1. The molecule has 2 rings (SSSR count). The Bertz CT molecular complexity index is 354. The molecule has 1 aromatic rings. The van der Waals surface area contributed by atoms with E-state index in [1.165, 1.54) is 11.8 Å². The quantitative estimate of drug-likeness (QED) is 0.799. The normalized spacial score (nSPS) is 21.7. The van der Waals surface area contributed by atoms with Gasteiger partial charge in [0.2, 0.25) is 0 Å². The van der Waals surface area contributed by atoms with E-state index in [0.29, 0.717) is 5.75 Å². The lowest BCUT2D eigenvalue weighted by Crippen LogP contribution is -2.23. The van der Waals surface area contributed by atoms with E-state index in [1.54, 1.807) is 0 Å². The maximum atomic E-state index is 11.1. The van der Waals surface area contributed by atoms with Crippen LogP contribution in [-0.2, 0) is 4.79 Å². The Hall–Kier alpha value is -0.520. The van der Waals surface area contributed by atoms with Gasteiger partial charge in [-0.15, -0.1) is 11.8 Å². The topological polar surface area (TPSA) is 40.5 Å². The molecule has 1 fully saturated rings. The summed E-state index contributed by atoms with van der Waals surface area (Å²) in [6.45, 7) is 0. The number of carbonyl (C=O) groups is 1. The number of benzene rings is 1. The molecule has 0 aromatic heterocycles. The molecule has 1 aromatic carbocycles. The molecule has 5 heteroatoms. The van der Waals surface area contributed by atoms with E-state index < -0.39 is 0 Å². The van der Waals surface area contributed by atoms with Crippen molar-refractivity contribution >= 4 is 33.6 Å². The van der Waals surface area contributed by atoms with E-state index in [9.17, 15) is 10.0 Å². The highest BCUT2D eigenvalue weighted by molar-refractivity contribution is 9.10. The monoisotopic (exact) mass is 273 g/mol. The number of amides is 1. The number of rotatable bonds is 1. The van der Waals surface area contributed by atoms with E-state index in [4.69, 9.17) is 0 Å². The van der Waals surface area contributed by atoms with E-state index in [-0.39, 0.29) is 11.3 Å². The molecule has 1 aliphatic rings. The summed E-state index contributed by atoms with van der Waals surface area (Å²) < 4.78 is 0.986. The third-order valence-electron chi connectivity index (χ3n) is 2.00. The molecule has 0 bridgehead atoms. The number of thioether (sulfide) groups is 1. The smallest absolute Gasteiger partial charge is 0.257 e. The highest BCUT2D eigenvalue weighted by Gasteiger charge is 2.31. The second-order valence-electron chi connectivity index (χ2n) is 2.95. The lowest BCUT2D eigenvalue weighted by molar-refractivity contribution is -0.162. The second-order valence-corrected chi connectivity index (χ2v) is 4.94. The first-order valence-corrected chi connectivity index (χ1v) is 5.90. The molecule has 3 nitrogen and oxygen atoms in total. The van der Waals surface area contributed by atoms with E-state index >= 15 is 0 Å². The molecule has 1 amide bonds. The molecule has 0 spiro atoms. The van der Waals surface area contributed by atoms with E-state index in [1.807, 2.05) is 24.3 Å². The van der Waals surface area contributed by atoms with Crippen molar-refractivity contribution in [3.63, 3.8) is 0 Å². The summed E-state index contributed by atoms with van der Waals surface area (Å²) in [6, 6.07) is 7.58. The summed E-state index contributed by atoms with van der Waals surface area (Å²) in [5.41, 5.74) is 0.937. The van der Waals surface area contributed by atoms with Crippen LogP contribution in [0.5, 0.6) is 0 Å². The van der Waals surface area contributed by atoms with Crippen LogP contribution in [0.3, 0.4) is 0 Å². The lowest BCUT2D eigenvalue weighted by Gasteiger charge is -2.16. The number of nitrogens with zero attached hydrogens (tertiary/aromatic N) is 1. The van der Waals surface area contributed by atoms with Gasteiger partial charge in [-0.1, -0.05) is 28.1 Å². The molecule has 1 saturated heterocycles. The van der Waals surface area contributed by atoms with Crippen LogP contribution < -0.4 is 0 Å². The minimum absolute atomic E-state index is 0.233. The minimum atomic E-state index is -0.254. The fourth-order valence-corrected chi connectivity index (χ4v) is 2.59. The zero-order valence-electron chi connectivity index (χ0n) is 7.18. The van der Waals surface area contributed by atoms with Gasteiger partial charge in [-0.25, -0.2) is 5.06 Å². The van der Waals surface area contributed by atoms with Crippen LogP contribution in [0.1, 0.15) is 10.9 Å². The summed E-state index contributed by atoms with van der Waals surface area (Å²) in [5, 5.41) is 9.98. The fourth-order valence-electron chi connectivity index (χ4n) is 1.28. The molecule has 0 radical (unpaired) electrons. The van der Waals surface area contributed by atoms with Crippen LogP contribution in [0.2, 0.25) is 0 Å². The first-order valence-electron chi connectivity index (χ1n) is 4.06. The molecule has 0 unspecified atom stereocenters. The van der Waals surface area contributed by atoms with Crippen LogP contribution in [0.4, 0.5) is 0 Å². The molecule has 1 aliphatic heterocycles. The van der Waals surface area contributed by atoms with Crippen LogP contribution >= 0.6 is 27.7 Å². The highest BCUT2D eigenvalue weighted by atomic mass is 79.9. The third-order valence-corrected chi connectivity index (χ3v) is 3.73. The van der Waals surface area contributed by atoms with Crippen LogP contribution in [0.15, 0.2) is 28.7 Å². The molecule has 74 valence electrons. The predicted octanol–water partition coefficient (Wildman–Crippen LogP) is 2.41. The third kappa shape index (κ3) is 1.80. The van der Waals surface area contributed by atoms with Gasteiger partial charge >= 0.3 is 0 Å². The number of carbonyl (C=O) groups excluding carboxylic acids is 1. The zero-order chi connectivity index (χ0) is 10.1. The predicted molar refractivity (Wildman–Crippen MR) is 58.0 cm³/mol. The lowest BCUT2D eigenvalue weighted by atomic mass is 10.2. The average molecular weight is 274 g/mol. The van der Waals surface area contributed by atoms with E-state index in [0.717, 1.165) is 15.1 Å². The molecule has 1 heterocycles. The standard InChI is InChI=1S/C9H8BrNO2S/c10-7-3-1-6(2-4-7)9-11(13)8(12)5-14-9/h1-4,9,13H,5H2/t9-/m0/s1. The molecule has 0 aliphatic carbocycles. The summed E-state index contributed by atoms with van der Waals surface area (Å²) >= 11 is 4.76. The molecule has 1 atom stereocenters. The van der Waals surface area contributed by atoms with Gasteiger partial charge in [0.1, 0.15) is 5.37 Å². The minimum Gasteiger partial charge on any atom is -0.284 e. The van der Waals surface area contributed by atoms with Crippen molar-refractivity contribution in [2.45, 2.75) is 5.37 Å². The van der Waals surface area contributed by atoms with Gasteiger partial charge < -0.3 is 0 Å². The molecule has 0 saturated carbocycles. The van der Waals surface area contributed by atoms with Gasteiger partial charge in [-0.2, -0.15) is 0 Å². The van der Waals surface area contributed by atoms with Gasteiger partial charge in [0, 0.05) is 4.47 Å². The zero-order valence-corrected chi connectivity index (χ0v) is 9.59. The Labute approximate surface area is 94.2 Å². The van der Waals surface area contributed by atoms with Gasteiger partial charge in [0.05, 0.1) is 5.75 Å². The van der Waals surface area contributed by atoms with Crippen LogP contribution in [0.25, 0.3) is 0 Å². The molecule has 14 heavy (non-hydrogen) atoms.